The summed E-state index contributed by atoms with van der Waals surface area (Å²) in [6.07, 6.45) is 17.2. The molecule has 1 aromatic carbocycles. The maximum absolute atomic E-state index is 13.1. The van der Waals surface area contributed by atoms with Crippen LogP contribution in [0.2, 0.25) is 0 Å². The Morgan fingerprint density at radius 3 is 2.33 bits per heavy atom. The minimum absolute atomic E-state index is 0. The van der Waals surface area contributed by atoms with Gasteiger partial charge in [0.15, 0.2) is 0 Å². The Bertz CT molecular complexity index is 984. The standard InChI is InChI=1S/C31H48N3O3S.HI/c1-4-6-8-10-11-12-16-22-28(37-31(35)26-19-14-13-15-20-26)34(3)23-18-21-27(25-34)29-30(33-38-32-29)36-24-17-9-7-5-2;/h13-15,19-21,28H,4-12,16-18,22-25H2,1-3H3;1H/q+1;/p-1. The molecule has 0 saturated carbocycles. The fourth-order valence-corrected chi connectivity index (χ4v) is 5.72. The van der Waals surface area contributed by atoms with Crippen molar-refractivity contribution in [2.24, 2.45) is 0 Å². The predicted molar refractivity (Wildman–Crippen MR) is 156 cm³/mol. The molecule has 0 saturated heterocycles. The van der Waals surface area contributed by atoms with Gasteiger partial charge in [-0.05, 0) is 25.0 Å². The third kappa shape index (κ3) is 11.1. The van der Waals surface area contributed by atoms with Crippen LogP contribution in [0.1, 0.15) is 113 Å². The van der Waals surface area contributed by atoms with E-state index in [4.69, 9.17) is 9.47 Å². The molecule has 1 aliphatic heterocycles. The largest absolute Gasteiger partial charge is 1.00 e. The van der Waals surface area contributed by atoms with E-state index in [1.807, 2.05) is 30.3 Å². The molecule has 6 nitrogen and oxygen atoms in total. The molecule has 2 heterocycles. The summed E-state index contributed by atoms with van der Waals surface area (Å²) in [7, 11) is 2.22. The highest BCUT2D eigenvalue weighted by Crippen LogP contribution is 2.33. The number of quaternary nitrogens is 1. The van der Waals surface area contributed by atoms with E-state index in [0.717, 1.165) is 50.0 Å². The first-order valence-electron chi connectivity index (χ1n) is 14.8. The van der Waals surface area contributed by atoms with Gasteiger partial charge in [-0.3, -0.25) is 4.48 Å². The molecule has 8 heteroatoms. The normalized spacial score (nSPS) is 17.7. The fraction of sp³-hybridized carbons (Fsp3) is 0.645. The summed E-state index contributed by atoms with van der Waals surface area (Å²) >= 11 is 1.21. The van der Waals surface area contributed by atoms with E-state index in [9.17, 15) is 4.79 Å². The number of benzene rings is 1. The highest BCUT2D eigenvalue weighted by Gasteiger charge is 2.39. The van der Waals surface area contributed by atoms with Crippen molar-refractivity contribution in [1.82, 2.24) is 8.75 Å². The second-order valence-corrected chi connectivity index (χ2v) is 11.4. The highest BCUT2D eigenvalue weighted by molar-refractivity contribution is 6.99. The highest BCUT2D eigenvalue weighted by atomic mass is 127. The maximum atomic E-state index is 13.1. The molecule has 2 aromatic rings. The van der Waals surface area contributed by atoms with Gasteiger partial charge in [0, 0.05) is 18.4 Å². The summed E-state index contributed by atoms with van der Waals surface area (Å²) in [5.41, 5.74) is 2.62. The molecule has 3 rings (SSSR count). The smallest absolute Gasteiger partial charge is 0.342 e. The first-order valence-corrected chi connectivity index (χ1v) is 15.6. The number of nitrogens with zero attached hydrogens (tertiary/aromatic N) is 3. The van der Waals surface area contributed by atoms with Crippen LogP contribution in [0.4, 0.5) is 0 Å². The zero-order valence-electron chi connectivity index (χ0n) is 24.2. The van der Waals surface area contributed by atoms with Gasteiger partial charge in [0.2, 0.25) is 6.23 Å². The van der Waals surface area contributed by atoms with Crippen molar-refractivity contribution in [2.45, 2.75) is 104 Å². The Kier molecular flexibility index (Phi) is 16.2. The zero-order chi connectivity index (χ0) is 27.1. The fourth-order valence-electron chi connectivity index (χ4n) is 5.19. The summed E-state index contributed by atoms with van der Waals surface area (Å²) in [5.74, 6) is 0.413. The Hall–Kier alpha value is -1.52. The first-order chi connectivity index (χ1) is 18.6. The number of unbranched alkanes of at least 4 members (excludes halogenated alkanes) is 9. The lowest BCUT2D eigenvalue weighted by molar-refractivity contribution is -0.947. The van der Waals surface area contributed by atoms with Crippen molar-refractivity contribution in [3.8, 4) is 5.88 Å². The number of esters is 1. The summed E-state index contributed by atoms with van der Waals surface area (Å²) in [6, 6.07) is 9.37. The Balaban J connectivity index is 0.00000533. The van der Waals surface area contributed by atoms with Gasteiger partial charge in [0.25, 0.3) is 5.88 Å². The van der Waals surface area contributed by atoms with Crippen LogP contribution in [0, 0.1) is 0 Å². The molecule has 1 aliphatic rings. The van der Waals surface area contributed by atoms with Gasteiger partial charge in [-0.2, -0.15) is 4.37 Å². The zero-order valence-corrected chi connectivity index (χ0v) is 27.2. The van der Waals surface area contributed by atoms with Gasteiger partial charge in [0.05, 0.1) is 37.5 Å². The molecule has 218 valence electrons. The van der Waals surface area contributed by atoms with Crippen LogP contribution < -0.4 is 28.7 Å². The SMILES string of the molecule is CCCCCCCCCC(OC(=O)c1ccccc1)[N+]1(C)CCC=C(c2nsnc2OCCCCCC)C1.[I-]. The molecule has 0 bridgehead atoms. The molecule has 0 amide bonds. The van der Waals surface area contributed by atoms with Crippen LogP contribution in [0.5, 0.6) is 5.88 Å². The molecule has 0 aliphatic carbocycles. The molecule has 0 spiro atoms. The average molecular weight is 670 g/mol. The van der Waals surface area contributed by atoms with E-state index in [-0.39, 0.29) is 36.2 Å². The molecular formula is C31H48IN3O3S. The average Bonchev–Trinajstić information content (AvgIpc) is 3.41. The van der Waals surface area contributed by atoms with E-state index in [1.165, 1.54) is 69.5 Å². The second-order valence-electron chi connectivity index (χ2n) is 10.8. The van der Waals surface area contributed by atoms with Crippen molar-refractivity contribution in [3.05, 3.63) is 47.7 Å². The van der Waals surface area contributed by atoms with Crippen molar-refractivity contribution in [3.63, 3.8) is 0 Å². The third-order valence-corrected chi connectivity index (χ3v) is 8.08. The van der Waals surface area contributed by atoms with E-state index in [0.29, 0.717) is 22.5 Å². The third-order valence-electron chi connectivity index (χ3n) is 7.56. The number of carbonyl (C=O) groups is 1. The number of halogens is 1. The van der Waals surface area contributed by atoms with Crippen LogP contribution >= 0.6 is 11.7 Å². The Labute approximate surface area is 257 Å². The molecule has 39 heavy (non-hydrogen) atoms. The topological polar surface area (TPSA) is 61.3 Å². The van der Waals surface area contributed by atoms with Gasteiger partial charge < -0.3 is 33.5 Å². The monoisotopic (exact) mass is 669 g/mol. The number of hydrogen-bond acceptors (Lipinski definition) is 6. The summed E-state index contributed by atoms with van der Waals surface area (Å²) in [5, 5.41) is 0. The lowest BCUT2D eigenvalue weighted by atomic mass is 10.0. The van der Waals surface area contributed by atoms with Crippen molar-refractivity contribution in [2.75, 3.05) is 26.7 Å². The lowest BCUT2D eigenvalue weighted by Gasteiger charge is -2.42. The quantitative estimate of drug-likeness (QED) is 0.0962. The van der Waals surface area contributed by atoms with E-state index < -0.39 is 0 Å². The lowest BCUT2D eigenvalue weighted by Crippen LogP contribution is -3.00. The first kappa shape index (κ1) is 33.7. The van der Waals surface area contributed by atoms with Gasteiger partial charge in [0.1, 0.15) is 12.2 Å². The number of rotatable bonds is 18. The van der Waals surface area contributed by atoms with Crippen LogP contribution in [-0.4, -0.2) is 52.2 Å². The van der Waals surface area contributed by atoms with Crippen LogP contribution in [0.15, 0.2) is 36.4 Å². The molecule has 0 radical (unpaired) electrons. The summed E-state index contributed by atoms with van der Waals surface area (Å²) < 4.78 is 22.1. The van der Waals surface area contributed by atoms with E-state index >= 15 is 0 Å². The second kappa shape index (κ2) is 18.8. The molecular weight excluding hydrogens is 621 g/mol. The minimum atomic E-state index is -0.236. The van der Waals surface area contributed by atoms with Crippen molar-refractivity contribution < 1.29 is 42.7 Å². The Morgan fingerprint density at radius 1 is 0.949 bits per heavy atom. The molecule has 0 N–H and O–H groups in total. The number of carbonyl (C=O) groups excluding carboxylic acids is 1. The molecule has 2 unspecified atom stereocenters. The number of aromatic nitrogens is 2. The van der Waals surface area contributed by atoms with E-state index in [2.05, 4.69) is 35.7 Å². The molecule has 1 aromatic heterocycles. The van der Waals surface area contributed by atoms with Crippen molar-refractivity contribution in [1.29, 1.82) is 0 Å². The summed E-state index contributed by atoms with van der Waals surface area (Å²) in [4.78, 5) is 13.1. The minimum Gasteiger partial charge on any atom is -1.00 e. The van der Waals surface area contributed by atoms with Gasteiger partial charge in [-0.1, -0.05) is 95.9 Å². The predicted octanol–water partition coefficient (Wildman–Crippen LogP) is 5.06. The van der Waals surface area contributed by atoms with Crippen LogP contribution in [0.25, 0.3) is 5.57 Å². The Morgan fingerprint density at radius 2 is 1.62 bits per heavy atom. The van der Waals surface area contributed by atoms with Gasteiger partial charge in [-0.15, -0.1) is 4.37 Å². The van der Waals surface area contributed by atoms with Crippen LogP contribution in [-0.2, 0) is 4.74 Å². The van der Waals surface area contributed by atoms with E-state index in [1.54, 1.807) is 0 Å². The number of likely N-dealkylation sites (N-methyl/N-ethyl adjacent to an activating group) is 1. The summed E-state index contributed by atoms with van der Waals surface area (Å²) in [6.45, 7) is 6.82. The maximum Gasteiger partial charge on any atom is 0.342 e. The van der Waals surface area contributed by atoms with Crippen LogP contribution in [0.3, 0.4) is 0 Å². The van der Waals surface area contributed by atoms with Gasteiger partial charge in [-0.25, -0.2) is 4.79 Å². The molecule has 0 fully saturated rings. The van der Waals surface area contributed by atoms with Crippen molar-refractivity contribution >= 4 is 23.3 Å². The number of ether oxygens (including phenoxy) is 2. The van der Waals surface area contributed by atoms with Gasteiger partial charge >= 0.3 is 5.97 Å². The number of hydrogen-bond donors (Lipinski definition) is 0. The molecule has 2 atom stereocenters.